The highest BCUT2D eigenvalue weighted by molar-refractivity contribution is 5.94. The second-order valence-electron chi connectivity index (χ2n) is 7.36. The standard InChI is InChI=1S/C25H23N3O2/c1-18-8-7-11-20(16-18)25(30)28(15-14-19-9-3-2-4-10-19)17-23-26-22-13-6-5-12-21(22)24(29)27-23/h2-13,16H,14-15,17H2,1H3,(H,26,27,29). The van der Waals surface area contributed by atoms with Crippen molar-refractivity contribution in [2.24, 2.45) is 0 Å². The largest absolute Gasteiger partial charge is 0.331 e. The molecule has 4 rings (SSSR count). The van der Waals surface area contributed by atoms with Gasteiger partial charge in [0.15, 0.2) is 0 Å². The van der Waals surface area contributed by atoms with Crippen molar-refractivity contribution in [2.75, 3.05) is 6.54 Å². The first-order valence-electron chi connectivity index (χ1n) is 9.98. The summed E-state index contributed by atoms with van der Waals surface area (Å²) in [5, 5.41) is 0.544. The maximum Gasteiger partial charge on any atom is 0.258 e. The van der Waals surface area contributed by atoms with Crippen LogP contribution in [0.3, 0.4) is 0 Å². The zero-order valence-electron chi connectivity index (χ0n) is 16.8. The number of amides is 1. The molecule has 0 atom stereocenters. The van der Waals surface area contributed by atoms with Gasteiger partial charge in [0.1, 0.15) is 5.82 Å². The number of para-hydroxylation sites is 1. The van der Waals surface area contributed by atoms with E-state index in [-0.39, 0.29) is 18.0 Å². The Morgan fingerprint density at radius 2 is 1.73 bits per heavy atom. The monoisotopic (exact) mass is 397 g/mol. The van der Waals surface area contributed by atoms with Crippen molar-refractivity contribution in [2.45, 2.75) is 19.9 Å². The lowest BCUT2D eigenvalue weighted by atomic mass is 10.1. The van der Waals surface area contributed by atoms with Crippen LogP contribution in [0.5, 0.6) is 0 Å². The zero-order chi connectivity index (χ0) is 20.9. The van der Waals surface area contributed by atoms with Crippen molar-refractivity contribution >= 4 is 16.8 Å². The molecule has 5 heteroatoms. The van der Waals surface area contributed by atoms with E-state index in [1.165, 1.54) is 0 Å². The van der Waals surface area contributed by atoms with Gasteiger partial charge in [0.25, 0.3) is 11.5 Å². The second-order valence-corrected chi connectivity index (χ2v) is 7.36. The fourth-order valence-corrected chi connectivity index (χ4v) is 3.51. The van der Waals surface area contributed by atoms with Crippen molar-refractivity contribution in [3.63, 3.8) is 0 Å². The molecule has 0 fully saturated rings. The number of aryl methyl sites for hydroxylation is 1. The molecule has 0 aliphatic carbocycles. The van der Waals surface area contributed by atoms with Crippen LogP contribution < -0.4 is 5.56 Å². The minimum absolute atomic E-state index is 0.0783. The van der Waals surface area contributed by atoms with Crippen molar-refractivity contribution in [1.29, 1.82) is 0 Å². The number of carbonyl (C=O) groups is 1. The Bertz CT molecular complexity index is 1230. The Morgan fingerprint density at radius 1 is 0.967 bits per heavy atom. The van der Waals surface area contributed by atoms with Crippen molar-refractivity contribution in [3.8, 4) is 0 Å². The third-order valence-electron chi connectivity index (χ3n) is 5.07. The number of hydrogen-bond acceptors (Lipinski definition) is 3. The molecule has 1 amide bonds. The first-order valence-corrected chi connectivity index (χ1v) is 9.98. The molecule has 0 bridgehead atoms. The van der Waals surface area contributed by atoms with E-state index in [4.69, 9.17) is 0 Å². The van der Waals surface area contributed by atoms with Crippen LogP contribution in [0.15, 0.2) is 83.7 Å². The molecule has 0 saturated carbocycles. The molecule has 0 saturated heterocycles. The van der Waals surface area contributed by atoms with Crippen LogP contribution >= 0.6 is 0 Å². The van der Waals surface area contributed by atoms with E-state index in [1.807, 2.05) is 79.7 Å². The van der Waals surface area contributed by atoms with Crippen LogP contribution in [0.25, 0.3) is 10.9 Å². The highest BCUT2D eigenvalue weighted by atomic mass is 16.2. The predicted octanol–water partition coefficient (Wildman–Crippen LogP) is 4.12. The number of nitrogens with zero attached hydrogens (tertiary/aromatic N) is 2. The maximum absolute atomic E-state index is 13.3. The molecule has 1 heterocycles. The molecular formula is C25H23N3O2. The number of benzene rings is 3. The third kappa shape index (κ3) is 4.46. The summed E-state index contributed by atoms with van der Waals surface area (Å²) >= 11 is 0. The number of carbonyl (C=O) groups excluding carboxylic acids is 1. The quantitative estimate of drug-likeness (QED) is 0.532. The average molecular weight is 397 g/mol. The molecule has 30 heavy (non-hydrogen) atoms. The summed E-state index contributed by atoms with van der Waals surface area (Å²) in [6.45, 7) is 2.72. The van der Waals surface area contributed by atoms with Gasteiger partial charge in [-0.15, -0.1) is 0 Å². The van der Waals surface area contributed by atoms with Crippen molar-refractivity contribution in [1.82, 2.24) is 14.9 Å². The molecule has 1 aromatic heterocycles. The summed E-state index contributed by atoms with van der Waals surface area (Å²) in [7, 11) is 0. The van der Waals surface area contributed by atoms with Crippen LogP contribution in [0.2, 0.25) is 0 Å². The predicted molar refractivity (Wildman–Crippen MR) is 118 cm³/mol. The van der Waals surface area contributed by atoms with Gasteiger partial charge in [-0.25, -0.2) is 4.98 Å². The van der Waals surface area contributed by atoms with Gasteiger partial charge in [-0.2, -0.15) is 0 Å². The highest BCUT2D eigenvalue weighted by Gasteiger charge is 2.18. The minimum atomic E-state index is -0.193. The summed E-state index contributed by atoms with van der Waals surface area (Å²) in [5.74, 6) is 0.401. The lowest BCUT2D eigenvalue weighted by molar-refractivity contribution is 0.0740. The number of aromatic amines is 1. The SMILES string of the molecule is Cc1cccc(C(=O)N(CCc2ccccc2)Cc2nc3ccccc3c(=O)[nH]2)c1. The molecule has 0 radical (unpaired) electrons. The molecule has 0 spiro atoms. The molecule has 1 N–H and O–H groups in total. The van der Waals surface area contributed by atoms with Crippen LogP contribution in [-0.4, -0.2) is 27.3 Å². The first kappa shape index (κ1) is 19.6. The van der Waals surface area contributed by atoms with Gasteiger partial charge in [-0.05, 0) is 43.2 Å². The van der Waals surface area contributed by atoms with Gasteiger partial charge in [-0.3, -0.25) is 9.59 Å². The summed E-state index contributed by atoms with van der Waals surface area (Å²) < 4.78 is 0. The van der Waals surface area contributed by atoms with Crippen LogP contribution in [0, 0.1) is 6.92 Å². The highest BCUT2D eigenvalue weighted by Crippen LogP contribution is 2.13. The van der Waals surface area contributed by atoms with E-state index < -0.39 is 0 Å². The Balaban J connectivity index is 1.64. The normalized spacial score (nSPS) is 10.8. The van der Waals surface area contributed by atoms with Gasteiger partial charge in [0.2, 0.25) is 0 Å². The summed E-state index contributed by atoms with van der Waals surface area (Å²) in [4.78, 5) is 34.9. The van der Waals surface area contributed by atoms with Crippen molar-refractivity contribution in [3.05, 3.63) is 112 Å². The molecule has 0 aliphatic rings. The molecule has 0 aliphatic heterocycles. The first-order chi connectivity index (χ1) is 14.6. The number of hydrogen-bond donors (Lipinski definition) is 1. The summed E-state index contributed by atoms with van der Waals surface area (Å²) in [6.07, 6.45) is 0.718. The number of fused-ring (bicyclic) bond motifs is 1. The van der Waals surface area contributed by atoms with E-state index in [2.05, 4.69) is 9.97 Å². The van der Waals surface area contributed by atoms with E-state index in [0.29, 0.717) is 28.8 Å². The maximum atomic E-state index is 13.3. The Labute approximate surface area is 175 Å². The van der Waals surface area contributed by atoms with Gasteiger partial charge in [-0.1, -0.05) is 60.2 Å². The van der Waals surface area contributed by atoms with Crippen molar-refractivity contribution < 1.29 is 4.79 Å². The van der Waals surface area contributed by atoms with Crippen LogP contribution in [0.1, 0.15) is 27.3 Å². The van der Waals surface area contributed by atoms with E-state index in [0.717, 1.165) is 17.5 Å². The Morgan fingerprint density at radius 3 is 2.53 bits per heavy atom. The average Bonchev–Trinajstić information content (AvgIpc) is 2.77. The second kappa shape index (κ2) is 8.74. The molecular weight excluding hydrogens is 374 g/mol. The molecule has 0 unspecified atom stereocenters. The van der Waals surface area contributed by atoms with E-state index >= 15 is 0 Å². The molecule has 4 aromatic rings. The van der Waals surface area contributed by atoms with Gasteiger partial charge in [0, 0.05) is 12.1 Å². The fraction of sp³-hybridized carbons (Fsp3) is 0.160. The van der Waals surface area contributed by atoms with Gasteiger partial charge in [0.05, 0.1) is 17.4 Å². The number of aromatic nitrogens is 2. The Kier molecular flexibility index (Phi) is 5.70. The summed E-state index contributed by atoms with van der Waals surface area (Å²) in [5.41, 5.74) is 3.25. The molecule has 3 aromatic carbocycles. The zero-order valence-corrected chi connectivity index (χ0v) is 16.8. The number of nitrogens with one attached hydrogen (secondary N) is 1. The van der Waals surface area contributed by atoms with E-state index in [9.17, 15) is 9.59 Å². The third-order valence-corrected chi connectivity index (χ3v) is 5.07. The topological polar surface area (TPSA) is 66.1 Å². The van der Waals surface area contributed by atoms with Crippen LogP contribution in [0.4, 0.5) is 0 Å². The van der Waals surface area contributed by atoms with Gasteiger partial charge >= 0.3 is 0 Å². The molecule has 150 valence electrons. The minimum Gasteiger partial charge on any atom is -0.331 e. The van der Waals surface area contributed by atoms with Crippen LogP contribution in [-0.2, 0) is 13.0 Å². The number of H-pyrrole nitrogens is 1. The fourth-order valence-electron chi connectivity index (χ4n) is 3.51. The molecule has 5 nitrogen and oxygen atoms in total. The lowest BCUT2D eigenvalue weighted by Gasteiger charge is -2.23. The van der Waals surface area contributed by atoms with E-state index in [1.54, 1.807) is 11.0 Å². The number of rotatable bonds is 6. The smallest absolute Gasteiger partial charge is 0.258 e. The Hall–Kier alpha value is -3.73. The summed E-state index contributed by atoms with van der Waals surface area (Å²) in [6, 6.07) is 24.8. The lowest BCUT2D eigenvalue weighted by Crippen LogP contribution is -2.34. The van der Waals surface area contributed by atoms with Gasteiger partial charge < -0.3 is 9.88 Å².